The molecule has 0 saturated carbocycles. The van der Waals surface area contributed by atoms with Gasteiger partial charge in [-0.3, -0.25) is 0 Å². The predicted molar refractivity (Wildman–Crippen MR) is 85.1 cm³/mol. The van der Waals surface area contributed by atoms with Gasteiger partial charge in [0.15, 0.2) is 0 Å². The number of anilines is 1. The van der Waals surface area contributed by atoms with Crippen LogP contribution in [0.5, 0.6) is 5.75 Å². The standard InChI is InChI=1S/C17H14BrNO/c1-19-15-5-3-2-4-13(15)11-17(19)9-8-12-10-14(18)6-7-16(12)20-17/h2-10H,11H2,1H3. The van der Waals surface area contributed by atoms with Gasteiger partial charge in [-0.1, -0.05) is 34.1 Å². The minimum absolute atomic E-state index is 0.384. The fourth-order valence-electron chi connectivity index (χ4n) is 3.05. The largest absolute Gasteiger partial charge is 0.463 e. The average Bonchev–Trinajstić information content (AvgIpc) is 2.73. The van der Waals surface area contributed by atoms with Crippen molar-refractivity contribution in [2.75, 3.05) is 11.9 Å². The Labute approximate surface area is 126 Å². The summed E-state index contributed by atoms with van der Waals surface area (Å²) in [5, 5.41) is 0. The van der Waals surface area contributed by atoms with Crippen LogP contribution in [-0.4, -0.2) is 12.8 Å². The SMILES string of the molecule is CN1c2ccccc2CC12C=Cc1cc(Br)ccc1O2. The van der Waals surface area contributed by atoms with Crippen molar-refractivity contribution in [2.45, 2.75) is 12.1 Å². The molecular weight excluding hydrogens is 314 g/mol. The molecule has 4 rings (SSSR count). The van der Waals surface area contributed by atoms with Gasteiger partial charge in [-0.05, 0) is 42.0 Å². The molecule has 0 aliphatic carbocycles. The number of likely N-dealkylation sites (N-methyl/N-ethyl adjacent to an activating group) is 1. The first-order chi connectivity index (χ1) is 9.68. The molecule has 0 N–H and O–H groups in total. The summed E-state index contributed by atoms with van der Waals surface area (Å²) in [5.74, 6) is 0.940. The zero-order valence-corrected chi connectivity index (χ0v) is 12.7. The molecule has 2 aliphatic rings. The molecule has 3 heteroatoms. The first kappa shape index (κ1) is 12.0. The number of rotatable bonds is 0. The molecule has 100 valence electrons. The first-order valence-electron chi connectivity index (χ1n) is 6.67. The van der Waals surface area contributed by atoms with Crippen LogP contribution in [0.3, 0.4) is 0 Å². The third-order valence-electron chi connectivity index (χ3n) is 4.15. The lowest BCUT2D eigenvalue weighted by atomic mass is 10.0. The zero-order chi connectivity index (χ0) is 13.7. The summed E-state index contributed by atoms with van der Waals surface area (Å²) < 4.78 is 7.42. The van der Waals surface area contributed by atoms with E-state index in [0.29, 0.717) is 0 Å². The molecule has 1 unspecified atom stereocenters. The van der Waals surface area contributed by atoms with E-state index in [1.165, 1.54) is 11.3 Å². The van der Waals surface area contributed by atoms with E-state index in [1.807, 2.05) is 12.1 Å². The van der Waals surface area contributed by atoms with Gasteiger partial charge in [-0.2, -0.15) is 0 Å². The van der Waals surface area contributed by atoms with Crippen molar-refractivity contribution in [1.82, 2.24) is 0 Å². The lowest BCUT2D eigenvalue weighted by Crippen LogP contribution is -2.49. The molecule has 20 heavy (non-hydrogen) atoms. The average molecular weight is 328 g/mol. The third-order valence-corrected chi connectivity index (χ3v) is 4.64. The van der Waals surface area contributed by atoms with Crippen molar-refractivity contribution in [3.8, 4) is 5.75 Å². The van der Waals surface area contributed by atoms with Crippen LogP contribution in [0, 0.1) is 0 Å². The smallest absolute Gasteiger partial charge is 0.206 e. The van der Waals surface area contributed by atoms with Gasteiger partial charge in [0.05, 0.1) is 0 Å². The molecule has 2 heterocycles. The van der Waals surface area contributed by atoms with E-state index >= 15 is 0 Å². The number of nitrogens with zero attached hydrogens (tertiary/aromatic N) is 1. The molecule has 2 aliphatic heterocycles. The fraction of sp³-hybridized carbons (Fsp3) is 0.176. The van der Waals surface area contributed by atoms with Crippen molar-refractivity contribution in [3.05, 3.63) is 64.1 Å². The number of hydrogen-bond acceptors (Lipinski definition) is 2. The van der Waals surface area contributed by atoms with Crippen molar-refractivity contribution in [2.24, 2.45) is 0 Å². The summed E-state index contributed by atoms with van der Waals surface area (Å²) in [7, 11) is 2.10. The predicted octanol–water partition coefficient (Wildman–Crippen LogP) is 4.24. The Morgan fingerprint density at radius 3 is 2.90 bits per heavy atom. The molecule has 1 atom stereocenters. The normalized spacial score (nSPS) is 22.6. The van der Waals surface area contributed by atoms with E-state index in [1.54, 1.807) is 0 Å². The highest BCUT2D eigenvalue weighted by atomic mass is 79.9. The molecule has 0 saturated heterocycles. The molecule has 0 fully saturated rings. The van der Waals surface area contributed by atoms with E-state index in [4.69, 9.17) is 4.74 Å². The van der Waals surface area contributed by atoms with E-state index in [0.717, 1.165) is 22.2 Å². The van der Waals surface area contributed by atoms with Crippen molar-refractivity contribution < 1.29 is 4.74 Å². The quantitative estimate of drug-likeness (QED) is 0.717. The highest BCUT2D eigenvalue weighted by Crippen LogP contribution is 2.43. The zero-order valence-electron chi connectivity index (χ0n) is 11.1. The Morgan fingerprint density at radius 1 is 1.20 bits per heavy atom. The summed E-state index contributed by atoms with van der Waals surface area (Å²) in [5.41, 5.74) is 3.32. The molecule has 2 nitrogen and oxygen atoms in total. The number of benzene rings is 2. The number of para-hydroxylation sites is 1. The Hall–Kier alpha value is -1.74. The molecule has 2 aromatic carbocycles. The van der Waals surface area contributed by atoms with Crippen LogP contribution < -0.4 is 9.64 Å². The molecule has 0 amide bonds. The Bertz CT molecular complexity index is 725. The number of fused-ring (bicyclic) bond motifs is 2. The second-order valence-corrected chi connectivity index (χ2v) is 6.24. The summed E-state index contributed by atoms with van der Waals surface area (Å²) in [6.45, 7) is 0. The van der Waals surface area contributed by atoms with Gasteiger partial charge in [-0.15, -0.1) is 0 Å². The van der Waals surface area contributed by atoms with Gasteiger partial charge < -0.3 is 9.64 Å². The molecule has 0 aromatic heterocycles. The van der Waals surface area contributed by atoms with Crippen LogP contribution in [-0.2, 0) is 6.42 Å². The first-order valence-corrected chi connectivity index (χ1v) is 7.47. The van der Waals surface area contributed by atoms with Gasteiger partial charge in [0.2, 0.25) is 5.72 Å². The molecule has 0 radical (unpaired) electrons. The van der Waals surface area contributed by atoms with Crippen LogP contribution >= 0.6 is 15.9 Å². The van der Waals surface area contributed by atoms with E-state index < -0.39 is 0 Å². The van der Waals surface area contributed by atoms with Crippen LogP contribution in [0.1, 0.15) is 11.1 Å². The van der Waals surface area contributed by atoms with Gasteiger partial charge in [-0.25, -0.2) is 0 Å². The molecule has 1 spiro atoms. The summed E-state index contributed by atoms with van der Waals surface area (Å²) in [6.07, 6.45) is 5.21. The van der Waals surface area contributed by atoms with Crippen LogP contribution in [0.4, 0.5) is 5.69 Å². The van der Waals surface area contributed by atoms with Gasteiger partial charge >= 0.3 is 0 Å². The second-order valence-electron chi connectivity index (χ2n) is 5.33. The summed E-state index contributed by atoms with van der Waals surface area (Å²) in [6, 6.07) is 14.6. The lowest BCUT2D eigenvalue weighted by Gasteiger charge is -2.38. The van der Waals surface area contributed by atoms with Crippen molar-refractivity contribution in [3.63, 3.8) is 0 Å². The van der Waals surface area contributed by atoms with Gasteiger partial charge in [0.25, 0.3) is 0 Å². The van der Waals surface area contributed by atoms with Gasteiger partial charge in [0.1, 0.15) is 5.75 Å². The minimum Gasteiger partial charge on any atom is -0.463 e. The van der Waals surface area contributed by atoms with Crippen molar-refractivity contribution >= 4 is 27.7 Å². The highest BCUT2D eigenvalue weighted by molar-refractivity contribution is 9.10. The number of ether oxygens (including phenoxy) is 1. The summed E-state index contributed by atoms with van der Waals surface area (Å²) >= 11 is 3.50. The van der Waals surface area contributed by atoms with E-state index in [2.05, 4.69) is 70.4 Å². The highest BCUT2D eigenvalue weighted by Gasteiger charge is 2.43. The van der Waals surface area contributed by atoms with Crippen LogP contribution in [0.25, 0.3) is 6.08 Å². The van der Waals surface area contributed by atoms with E-state index in [9.17, 15) is 0 Å². The molecule has 0 bridgehead atoms. The Kier molecular flexibility index (Phi) is 2.48. The number of halogens is 1. The topological polar surface area (TPSA) is 12.5 Å². The molecule has 2 aromatic rings. The number of hydrogen-bond donors (Lipinski definition) is 0. The van der Waals surface area contributed by atoms with Crippen molar-refractivity contribution in [1.29, 1.82) is 0 Å². The van der Waals surface area contributed by atoms with Gasteiger partial charge in [0, 0.05) is 29.2 Å². The second kappa shape index (κ2) is 4.13. The van der Waals surface area contributed by atoms with Crippen LogP contribution in [0.15, 0.2) is 53.0 Å². The Balaban J connectivity index is 1.78. The summed E-state index contributed by atoms with van der Waals surface area (Å²) in [4.78, 5) is 2.23. The maximum Gasteiger partial charge on any atom is 0.206 e. The minimum atomic E-state index is -0.384. The third kappa shape index (κ3) is 1.63. The van der Waals surface area contributed by atoms with E-state index in [-0.39, 0.29) is 5.72 Å². The maximum absolute atomic E-state index is 6.35. The Morgan fingerprint density at radius 2 is 2.05 bits per heavy atom. The maximum atomic E-state index is 6.35. The lowest BCUT2D eigenvalue weighted by molar-refractivity contribution is 0.128. The molecular formula is C17H14BrNO. The monoisotopic (exact) mass is 327 g/mol. The van der Waals surface area contributed by atoms with Crippen LogP contribution in [0.2, 0.25) is 0 Å². The fourth-order valence-corrected chi connectivity index (χ4v) is 3.42.